The van der Waals surface area contributed by atoms with Gasteiger partial charge in [-0.25, -0.2) is 0 Å². The fourth-order valence-corrected chi connectivity index (χ4v) is 1.83. The molecule has 0 radical (unpaired) electrons. The second-order valence-corrected chi connectivity index (χ2v) is 4.52. The Hall–Kier alpha value is -0.870. The Morgan fingerprint density at radius 3 is 2.82 bits per heavy atom. The molecule has 4 nitrogen and oxygen atoms in total. The van der Waals surface area contributed by atoms with Crippen LogP contribution < -0.4 is 5.32 Å². The zero-order chi connectivity index (χ0) is 12.7. The summed E-state index contributed by atoms with van der Waals surface area (Å²) in [7, 11) is 0. The molecule has 0 spiro atoms. The normalized spacial score (nSPS) is 12.9. The van der Waals surface area contributed by atoms with E-state index in [0.29, 0.717) is 6.04 Å². The summed E-state index contributed by atoms with van der Waals surface area (Å²) < 4.78 is 7.43. The third-order valence-corrected chi connectivity index (χ3v) is 2.71. The molecule has 1 unspecified atom stereocenters. The molecule has 1 atom stereocenters. The molecule has 1 N–H and O–H groups in total. The van der Waals surface area contributed by atoms with Gasteiger partial charge in [-0.05, 0) is 46.7 Å². The monoisotopic (exact) mass is 239 g/mol. The number of nitrogens with zero attached hydrogens (tertiary/aromatic N) is 2. The molecule has 0 aromatic carbocycles. The first kappa shape index (κ1) is 14.2. The van der Waals surface area contributed by atoms with Crippen molar-refractivity contribution in [2.75, 3.05) is 19.8 Å². The zero-order valence-electron chi connectivity index (χ0n) is 11.5. The van der Waals surface area contributed by atoms with Crippen LogP contribution in [0.4, 0.5) is 0 Å². The molecular weight excluding hydrogens is 214 g/mol. The van der Waals surface area contributed by atoms with Crippen molar-refractivity contribution in [1.82, 2.24) is 15.1 Å². The molecule has 0 fully saturated rings. The van der Waals surface area contributed by atoms with Gasteiger partial charge < -0.3 is 10.1 Å². The van der Waals surface area contributed by atoms with E-state index in [1.54, 1.807) is 0 Å². The Morgan fingerprint density at radius 1 is 1.47 bits per heavy atom. The van der Waals surface area contributed by atoms with Crippen molar-refractivity contribution in [2.24, 2.45) is 0 Å². The van der Waals surface area contributed by atoms with E-state index in [9.17, 15) is 0 Å². The number of rotatable bonds is 8. The molecule has 98 valence electrons. The highest BCUT2D eigenvalue weighted by Crippen LogP contribution is 2.02. The molecule has 0 saturated carbocycles. The molecule has 0 bridgehead atoms. The van der Waals surface area contributed by atoms with Crippen LogP contribution in [0.15, 0.2) is 6.07 Å². The summed E-state index contributed by atoms with van der Waals surface area (Å²) >= 11 is 0. The van der Waals surface area contributed by atoms with Crippen LogP contribution in [0.5, 0.6) is 0 Å². The standard InChI is InChI=1S/C13H25N3O/c1-5-17-10-12(3)14-7-6-8-16-13(4)9-11(2)15-16/h9,12,14H,5-8,10H2,1-4H3. The van der Waals surface area contributed by atoms with Gasteiger partial charge in [0.25, 0.3) is 0 Å². The molecule has 1 rings (SSSR count). The van der Waals surface area contributed by atoms with Crippen molar-refractivity contribution in [3.05, 3.63) is 17.5 Å². The van der Waals surface area contributed by atoms with Gasteiger partial charge in [-0.15, -0.1) is 0 Å². The Bertz CT molecular complexity index is 322. The van der Waals surface area contributed by atoms with Crippen LogP contribution in [0.2, 0.25) is 0 Å². The molecule has 0 saturated heterocycles. The Balaban J connectivity index is 2.14. The number of nitrogens with one attached hydrogen (secondary N) is 1. The Labute approximate surface area is 104 Å². The minimum atomic E-state index is 0.426. The van der Waals surface area contributed by atoms with E-state index < -0.39 is 0 Å². The zero-order valence-corrected chi connectivity index (χ0v) is 11.5. The highest BCUT2D eigenvalue weighted by molar-refractivity contribution is 5.06. The fourth-order valence-electron chi connectivity index (χ4n) is 1.83. The molecule has 1 aromatic rings. The van der Waals surface area contributed by atoms with Crippen molar-refractivity contribution in [1.29, 1.82) is 0 Å². The average molecular weight is 239 g/mol. The smallest absolute Gasteiger partial charge is 0.0616 e. The van der Waals surface area contributed by atoms with E-state index >= 15 is 0 Å². The third kappa shape index (κ3) is 5.33. The van der Waals surface area contributed by atoms with Gasteiger partial charge in [0.2, 0.25) is 0 Å². The average Bonchev–Trinajstić information content (AvgIpc) is 2.60. The van der Waals surface area contributed by atoms with E-state index in [4.69, 9.17) is 4.74 Å². The summed E-state index contributed by atoms with van der Waals surface area (Å²) in [6, 6.07) is 2.54. The van der Waals surface area contributed by atoms with Crippen LogP contribution in [0.25, 0.3) is 0 Å². The van der Waals surface area contributed by atoms with Gasteiger partial charge >= 0.3 is 0 Å². The molecule has 1 aromatic heterocycles. The van der Waals surface area contributed by atoms with E-state index in [-0.39, 0.29) is 0 Å². The van der Waals surface area contributed by atoms with Gasteiger partial charge in [-0.3, -0.25) is 4.68 Å². The molecule has 17 heavy (non-hydrogen) atoms. The molecule has 0 aliphatic heterocycles. The lowest BCUT2D eigenvalue weighted by atomic mass is 10.3. The van der Waals surface area contributed by atoms with Gasteiger partial charge in [-0.2, -0.15) is 5.10 Å². The quantitative estimate of drug-likeness (QED) is 0.704. The molecule has 0 aliphatic rings. The van der Waals surface area contributed by atoms with Crippen molar-refractivity contribution in [2.45, 2.75) is 46.7 Å². The van der Waals surface area contributed by atoms with Crippen LogP contribution in [0, 0.1) is 13.8 Å². The topological polar surface area (TPSA) is 39.1 Å². The van der Waals surface area contributed by atoms with Crippen LogP contribution in [0.3, 0.4) is 0 Å². The predicted octanol–water partition coefficient (Wildman–Crippen LogP) is 1.90. The first-order chi connectivity index (χ1) is 8.13. The summed E-state index contributed by atoms with van der Waals surface area (Å²) in [6.07, 6.45) is 1.10. The number of aryl methyl sites for hydroxylation is 3. The minimum Gasteiger partial charge on any atom is -0.380 e. The second kappa shape index (κ2) is 7.45. The van der Waals surface area contributed by atoms with Crippen molar-refractivity contribution in [3.8, 4) is 0 Å². The maximum atomic E-state index is 5.35. The van der Waals surface area contributed by atoms with Gasteiger partial charge in [0.05, 0.1) is 12.3 Å². The first-order valence-corrected chi connectivity index (χ1v) is 6.45. The van der Waals surface area contributed by atoms with Crippen molar-refractivity contribution in [3.63, 3.8) is 0 Å². The number of ether oxygens (including phenoxy) is 1. The van der Waals surface area contributed by atoms with Crippen LogP contribution in [0.1, 0.15) is 31.7 Å². The van der Waals surface area contributed by atoms with Gasteiger partial charge in [0, 0.05) is 24.9 Å². The van der Waals surface area contributed by atoms with Crippen LogP contribution >= 0.6 is 0 Å². The molecule has 1 heterocycles. The molecule has 4 heteroatoms. The summed E-state index contributed by atoms with van der Waals surface area (Å²) in [5, 5.41) is 7.89. The van der Waals surface area contributed by atoms with Crippen molar-refractivity contribution >= 4 is 0 Å². The summed E-state index contributed by atoms with van der Waals surface area (Å²) in [5.74, 6) is 0. The fraction of sp³-hybridized carbons (Fsp3) is 0.769. The van der Waals surface area contributed by atoms with E-state index in [2.05, 4.69) is 35.0 Å². The van der Waals surface area contributed by atoms with Gasteiger partial charge in [-0.1, -0.05) is 0 Å². The van der Waals surface area contributed by atoms with Crippen LogP contribution in [-0.2, 0) is 11.3 Å². The summed E-state index contributed by atoms with van der Waals surface area (Å²) in [4.78, 5) is 0. The predicted molar refractivity (Wildman–Crippen MR) is 70.3 cm³/mol. The van der Waals surface area contributed by atoms with Crippen molar-refractivity contribution < 1.29 is 4.74 Å². The Morgan fingerprint density at radius 2 is 2.24 bits per heavy atom. The lowest BCUT2D eigenvalue weighted by Gasteiger charge is -2.13. The number of hydrogen-bond acceptors (Lipinski definition) is 3. The molecule has 0 aliphatic carbocycles. The lowest BCUT2D eigenvalue weighted by molar-refractivity contribution is 0.127. The van der Waals surface area contributed by atoms with E-state index in [0.717, 1.165) is 38.4 Å². The SMILES string of the molecule is CCOCC(C)NCCCn1nc(C)cc1C. The van der Waals surface area contributed by atoms with E-state index in [1.807, 2.05) is 13.8 Å². The highest BCUT2D eigenvalue weighted by Gasteiger charge is 2.02. The second-order valence-electron chi connectivity index (χ2n) is 4.52. The highest BCUT2D eigenvalue weighted by atomic mass is 16.5. The summed E-state index contributed by atoms with van der Waals surface area (Å²) in [6.45, 7) is 11.9. The van der Waals surface area contributed by atoms with Gasteiger partial charge in [0.15, 0.2) is 0 Å². The molecule has 0 amide bonds. The maximum Gasteiger partial charge on any atom is 0.0616 e. The largest absolute Gasteiger partial charge is 0.380 e. The first-order valence-electron chi connectivity index (χ1n) is 6.45. The third-order valence-electron chi connectivity index (χ3n) is 2.71. The van der Waals surface area contributed by atoms with E-state index in [1.165, 1.54) is 5.69 Å². The molecular formula is C13H25N3O. The lowest BCUT2D eigenvalue weighted by Crippen LogP contribution is -2.31. The summed E-state index contributed by atoms with van der Waals surface area (Å²) in [5.41, 5.74) is 2.34. The van der Waals surface area contributed by atoms with Gasteiger partial charge in [0.1, 0.15) is 0 Å². The number of hydrogen-bond donors (Lipinski definition) is 1. The maximum absolute atomic E-state index is 5.35. The number of aromatic nitrogens is 2. The Kier molecular flexibility index (Phi) is 6.22. The minimum absolute atomic E-state index is 0.426. The van der Waals surface area contributed by atoms with Crippen LogP contribution in [-0.4, -0.2) is 35.6 Å².